The summed E-state index contributed by atoms with van der Waals surface area (Å²) >= 11 is 0. The number of aryl methyl sites for hydroxylation is 1. The first-order chi connectivity index (χ1) is 13.1. The molecule has 2 aromatic carbocycles. The van der Waals surface area contributed by atoms with Crippen molar-refractivity contribution in [3.8, 4) is 11.8 Å². The van der Waals surface area contributed by atoms with E-state index in [1.807, 2.05) is 37.3 Å². The van der Waals surface area contributed by atoms with Gasteiger partial charge in [-0.1, -0.05) is 23.8 Å². The number of hydrogen-bond donors (Lipinski definition) is 2. The number of ether oxygens (including phenoxy) is 1. The molecule has 3 aromatic rings. The Labute approximate surface area is 156 Å². The van der Waals surface area contributed by atoms with Gasteiger partial charge in [0.15, 0.2) is 18.2 Å². The van der Waals surface area contributed by atoms with Crippen LogP contribution in [-0.2, 0) is 4.79 Å². The minimum absolute atomic E-state index is 0.119. The van der Waals surface area contributed by atoms with Crippen LogP contribution in [0.15, 0.2) is 60.7 Å². The number of aromatic nitrogens is 2. The Hall–Kier alpha value is -3.92. The zero-order chi connectivity index (χ0) is 19.1. The molecular formula is C20H17N5O2. The van der Waals surface area contributed by atoms with Gasteiger partial charge < -0.3 is 15.4 Å². The highest BCUT2D eigenvalue weighted by molar-refractivity contribution is 5.90. The van der Waals surface area contributed by atoms with Gasteiger partial charge in [0.25, 0.3) is 5.91 Å². The highest BCUT2D eigenvalue weighted by Gasteiger charge is 2.06. The smallest absolute Gasteiger partial charge is 0.263 e. The summed E-state index contributed by atoms with van der Waals surface area (Å²) in [5.41, 5.74) is 2.40. The Kier molecular flexibility index (Phi) is 5.60. The SMILES string of the molecule is Cc1ccc(OCC(=O)Nc2ccc(Nc3cccc(C#N)c3)nn2)cc1. The Morgan fingerprint density at radius 1 is 1.07 bits per heavy atom. The first kappa shape index (κ1) is 17.9. The van der Waals surface area contributed by atoms with Crippen LogP contribution in [0.5, 0.6) is 5.75 Å². The molecule has 0 atom stereocenters. The molecule has 1 aromatic heterocycles. The lowest BCUT2D eigenvalue weighted by Crippen LogP contribution is -2.21. The van der Waals surface area contributed by atoms with Gasteiger partial charge in [-0.05, 0) is 49.4 Å². The van der Waals surface area contributed by atoms with Crippen LogP contribution in [0.3, 0.4) is 0 Å². The van der Waals surface area contributed by atoms with E-state index in [2.05, 4.69) is 26.9 Å². The van der Waals surface area contributed by atoms with Gasteiger partial charge >= 0.3 is 0 Å². The van der Waals surface area contributed by atoms with Crippen LogP contribution < -0.4 is 15.4 Å². The van der Waals surface area contributed by atoms with Crippen LogP contribution >= 0.6 is 0 Å². The minimum Gasteiger partial charge on any atom is -0.484 e. The number of nitrogens with zero attached hydrogens (tertiary/aromatic N) is 3. The van der Waals surface area contributed by atoms with Crippen LogP contribution in [0, 0.1) is 18.3 Å². The molecule has 7 nitrogen and oxygen atoms in total. The van der Waals surface area contributed by atoms with Crippen LogP contribution in [0.4, 0.5) is 17.3 Å². The van der Waals surface area contributed by atoms with Crippen molar-refractivity contribution in [2.45, 2.75) is 6.92 Å². The van der Waals surface area contributed by atoms with E-state index in [0.717, 1.165) is 11.3 Å². The molecule has 134 valence electrons. The monoisotopic (exact) mass is 359 g/mol. The molecule has 0 bridgehead atoms. The van der Waals surface area contributed by atoms with Crippen molar-refractivity contribution in [1.29, 1.82) is 5.26 Å². The molecule has 2 N–H and O–H groups in total. The molecule has 27 heavy (non-hydrogen) atoms. The summed E-state index contributed by atoms with van der Waals surface area (Å²) < 4.78 is 5.42. The van der Waals surface area contributed by atoms with Crippen molar-refractivity contribution < 1.29 is 9.53 Å². The molecule has 0 spiro atoms. The Morgan fingerprint density at radius 3 is 2.52 bits per heavy atom. The molecule has 0 aliphatic carbocycles. The quantitative estimate of drug-likeness (QED) is 0.699. The van der Waals surface area contributed by atoms with E-state index in [4.69, 9.17) is 10.00 Å². The maximum Gasteiger partial charge on any atom is 0.263 e. The number of anilines is 3. The van der Waals surface area contributed by atoms with E-state index in [0.29, 0.717) is 22.9 Å². The molecular weight excluding hydrogens is 342 g/mol. The van der Waals surface area contributed by atoms with E-state index in [-0.39, 0.29) is 12.5 Å². The van der Waals surface area contributed by atoms with Gasteiger partial charge in [-0.2, -0.15) is 5.26 Å². The van der Waals surface area contributed by atoms with Crippen molar-refractivity contribution >= 4 is 23.2 Å². The van der Waals surface area contributed by atoms with Crippen molar-refractivity contribution in [3.05, 3.63) is 71.8 Å². The fourth-order valence-electron chi connectivity index (χ4n) is 2.24. The van der Waals surface area contributed by atoms with Gasteiger partial charge in [0, 0.05) is 5.69 Å². The normalized spacial score (nSPS) is 9.93. The number of hydrogen-bond acceptors (Lipinski definition) is 6. The Morgan fingerprint density at radius 2 is 1.81 bits per heavy atom. The Bertz CT molecular complexity index is 963. The Balaban J connectivity index is 1.53. The van der Waals surface area contributed by atoms with Gasteiger partial charge in [-0.15, -0.1) is 10.2 Å². The number of carbonyl (C=O) groups excluding carboxylic acids is 1. The summed E-state index contributed by atoms with van der Waals surface area (Å²) in [6.45, 7) is 1.86. The van der Waals surface area contributed by atoms with E-state index >= 15 is 0 Å². The average molecular weight is 359 g/mol. The number of rotatable bonds is 6. The summed E-state index contributed by atoms with van der Waals surface area (Å²) in [6.07, 6.45) is 0. The van der Waals surface area contributed by atoms with Crippen LogP contribution in [0.25, 0.3) is 0 Å². The maximum absolute atomic E-state index is 11.9. The lowest BCUT2D eigenvalue weighted by Gasteiger charge is -2.08. The number of nitriles is 1. The lowest BCUT2D eigenvalue weighted by molar-refractivity contribution is -0.118. The second kappa shape index (κ2) is 8.45. The fraction of sp³-hybridized carbons (Fsp3) is 0.100. The zero-order valence-corrected chi connectivity index (χ0v) is 14.6. The number of nitrogens with one attached hydrogen (secondary N) is 2. The molecule has 0 aliphatic heterocycles. The first-order valence-electron chi connectivity index (χ1n) is 8.22. The third kappa shape index (κ3) is 5.28. The summed E-state index contributed by atoms with van der Waals surface area (Å²) in [6, 6.07) is 19.9. The van der Waals surface area contributed by atoms with Gasteiger partial charge in [0.05, 0.1) is 11.6 Å². The van der Waals surface area contributed by atoms with Gasteiger partial charge in [-0.25, -0.2) is 0 Å². The van der Waals surface area contributed by atoms with E-state index < -0.39 is 0 Å². The highest BCUT2D eigenvalue weighted by atomic mass is 16.5. The summed E-state index contributed by atoms with van der Waals surface area (Å²) in [7, 11) is 0. The molecule has 0 radical (unpaired) electrons. The highest BCUT2D eigenvalue weighted by Crippen LogP contribution is 2.16. The van der Waals surface area contributed by atoms with Gasteiger partial charge in [0.2, 0.25) is 0 Å². The predicted octanol–water partition coefficient (Wildman–Crippen LogP) is 3.42. The van der Waals surface area contributed by atoms with E-state index in [1.165, 1.54) is 0 Å². The van der Waals surface area contributed by atoms with Crippen LogP contribution in [-0.4, -0.2) is 22.7 Å². The minimum atomic E-state index is -0.327. The lowest BCUT2D eigenvalue weighted by atomic mass is 10.2. The van der Waals surface area contributed by atoms with Gasteiger partial charge in [-0.3, -0.25) is 4.79 Å². The standard InChI is InChI=1S/C20H17N5O2/c1-14-5-7-17(8-6-14)27-13-20(26)23-19-10-9-18(24-25-19)22-16-4-2-3-15(11-16)12-21/h2-11H,13H2,1H3,(H,22,24)(H,23,25,26). The molecule has 0 saturated heterocycles. The molecule has 0 saturated carbocycles. The molecule has 0 fully saturated rings. The van der Waals surface area contributed by atoms with E-state index in [1.54, 1.807) is 30.3 Å². The molecule has 0 aliphatic rings. The topological polar surface area (TPSA) is 99.9 Å². The maximum atomic E-state index is 11.9. The molecule has 1 amide bonds. The number of amides is 1. The van der Waals surface area contributed by atoms with Crippen molar-refractivity contribution in [3.63, 3.8) is 0 Å². The fourth-order valence-corrected chi connectivity index (χ4v) is 2.24. The predicted molar refractivity (Wildman–Crippen MR) is 102 cm³/mol. The summed E-state index contributed by atoms with van der Waals surface area (Å²) in [5.74, 6) is 1.12. The molecule has 0 unspecified atom stereocenters. The second-order valence-corrected chi connectivity index (χ2v) is 5.77. The third-order valence-electron chi connectivity index (χ3n) is 3.59. The first-order valence-corrected chi connectivity index (χ1v) is 8.22. The summed E-state index contributed by atoms with van der Waals surface area (Å²) in [5, 5.41) is 22.6. The van der Waals surface area contributed by atoms with Crippen LogP contribution in [0.2, 0.25) is 0 Å². The second-order valence-electron chi connectivity index (χ2n) is 5.77. The largest absolute Gasteiger partial charge is 0.484 e. The number of carbonyl (C=O) groups is 1. The molecule has 7 heteroatoms. The third-order valence-corrected chi connectivity index (χ3v) is 3.59. The van der Waals surface area contributed by atoms with Crippen LogP contribution in [0.1, 0.15) is 11.1 Å². The van der Waals surface area contributed by atoms with Crippen molar-refractivity contribution in [2.24, 2.45) is 0 Å². The van der Waals surface area contributed by atoms with Gasteiger partial charge in [0.1, 0.15) is 5.75 Å². The molecule has 3 rings (SSSR count). The van der Waals surface area contributed by atoms with E-state index in [9.17, 15) is 4.79 Å². The zero-order valence-electron chi connectivity index (χ0n) is 14.6. The van der Waals surface area contributed by atoms with Crippen molar-refractivity contribution in [1.82, 2.24) is 10.2 Å². The molecule has 1 heterocycles. The average Bonchev–Trinajstić information content (AvgIpc) is 2.69. The number of benzene rings is 2. The van der Waals surface area contributed by atoms with Crippen molar-refractivity contribution in [2.75, 3.05) is 17.2 Å². The summed E-state index contributed by atoms with van der Waals surface area (Å²) in [4.78, 5) is 11.9.